The van der Waals surface area contributed by atoms with Crippen LogP contribution in [0.25, 0.3) is 0 Å². The zero-order chi connectivity index (χ0) is 39.9. The van der Waals surface area contributed by atoms with Gasteiger partial charge in [0, 0.05) is 30.3 Å². The molecule has 2 aromatic carbocycles. The van der Waals surface area contributed by atoms with E-state index in [9.17, 15) is 65.8 Å². The monoisotopic (exact) mass is 780 g/mol. The van der Waals surface area contributed by atoms with Crippen LogP contribution in [0.15, 0.2) is 48.2 Å². The lowest BCUT2D eigenvalue weighted by Crippen LogP contribution is -2.60. The molecule has 15 atom stereocenters. The van der Waals surface area contributed by atoms with Gasteiger partial charge in [-0.2, -0.15) is 0 Å². The lowest BCUT2D eigenvalue weighted by Gasteiger charge is -2.43. The van der Waals surface area contributed by atoms with E-state index in [1.54, 1.807) is 6.92 Å². The Morgan fingerprint density at radius 3 is 2.15 bits per heavy atom. The van der Waals surface area contributed by atoms with Gasteiger partial charge in [0.2, 0.25) is 18.3 Å². The molecule has 3 fully saturated rings. The van der Waals surface area contributed by atoms with Gasteiger partial charge in [-0.05, 0) is 37.1 Å². The average molecular weight is 781 g/mol. The fraction of sp³-hybridized carbons (Fsp3) is 0.556. The van der Waals surface area contributed by atoms with Crippen molar-refractivity contribution in [1.29, 1.82) is 0 Å². The molecule has 0 spiro atoms. The van der Waals surface area contributed by atoms with Crippen molar-refractivity contribution in [3.63, 3.8) is 0 Å². The minimum Gasteiger partial charge on any atom is -0.504 e. The van der Waals surface area contributed by atoms with Gasteiger partial charge in [-0.15, -0.1) is 0 Å². The van der Waals surface area contributed by atoms with E-state index in [0.717, 1.165) is 6.26 Å². The molecule has 4 aliphatic rings. The molecular weight excluding hydrogens is 736 g/mol. The number of rotatable bonds is 10. The summed E-state index contributed by atoms with van der Waals surface area (Å²) >= 11 is 0. The number of hydrogen-bond acceptors (Lipinski definition) is 19. The zero-order valence-electron chi connectivity index (χ0n) is 29.2. The Labute approximate surface area is 312 Å². The summed E-state index contributed by atoms with van der Waals surface area (Å²) in [4.78, 5) is 26.9. The lowest BCUT2D eigenvalue weighted by molar-refractivity contribution is -0.278. The van der Waals surface area contributed by atoms with Gasteiger partial charge < -0.3 is 84.6 Å². The van der Waals surface area contributed by atoms with Crippen LogP contribution in [0.1, 0.15) is 30.1 Å². The van der Waals surface area contributed by atoms with Crippen LogP contribution in [0.3, 0.4) is 0 Å². The van der Waals surface area contributed by atoms with Crippen LogP contribution in [0.5, 0.6) is 28.7 Å². The van der Waals surface area contributed by atoms with Gasteiger partial charge in [0.15, 0.2) is 23.0 Å². The van der Waals surface area contributed by atoms with Crippen LogP contribution in [0, 0.1) is 23.7 Å². The Kier molecular flexibility index (Phi) is 12.0. The van der Waals surface area contributed by atoms with Gasteiger partial charge in [-0.1, -0.05) is 19.1 Å². The number of benzene rings is 2. The van der Waals surface area contributed by atoms with E-state index in [2.05, 4.69) is 0 Å². The summed E-state index contributed by atoms with van der Waals surface area (Å²) < 4.78 is 34.3. The van der Waals surface area contributed by atoms with Crippen LogP contribution < -0.4 is 4.74 Å². The van der Waals surface area contributed by atoms with Crippen molar-refractivity contribution in [2.75, 3.05) is 13.2 Å². The topological polar surface area (TPSA) is 312 Å². The van der Waals surface area contributed by atoms with E-state index in [4.69, 9.17) is 28.4 Å². The summed E-state index contributed by atoms with van der Waals surface area (Å²) in [6.07, 6.45) is -15.7. The Morgan fingerprint density at radius 2 is 1.44 bits per heavy atom. The van der Waals surface area contributed by atoms with Gasteiger partial charge in [-0.3, -0.25) is 0 Å². The predicted molar refractivity (Wildman–Crippen MR) is 179 cm³/mol. The van der Waals surface area contributed by atoms with Crippen LogP contribution >= 0.6 is 0 Å². The molecule has 2 aliphatic carbocycles. The highest BCUT2D eigenvalue weighted by Gasteiger charge is 2.55. The number of carbonyl (C=O) groups excluding carboxylic acids is 2. The summed E-state index contributed by atoms with van der Waals surface area (Å²) in [5.74, 6) is -7.89. The second-order valence-electron chi connectivity index (χ2n) is 14.2. The van der Waals surface area contributed by atoms with Gasteiger partial charge in [0.25, 0.3) is 0 Å². The first kappa shape index (κ1) is 40.2. The van der Waals surface area contributed by atoms with Crippen molar-refractivity contribution in [1.82, 2.24) is 0 Å². The molecule has 302 valence electrons. The fourth-order valence-electron chi connectivity index (χ4n) is 7.59. The number of hydrogen-bond donors (Lipinski definition) is 11. The third-order valence-electron chi connectivity index (χ3n) is 10.8. The van der Waals surface area contributed by atoms with E-state index in [1.807, 2.05) is 0 Å². The molecular formula is C36H44O19. The molecule has 19 heteroatoms. The highest BCUT2D eigenvalue weighted by molar-refractivity contribution is 5.93. The Balaban J connectivity index is 1.20. The van der Waals surface area contributed by atoms with Crippen molar-refractivity contribution in [2.24, 2.45) is 23.7 Å². The Morgan fingerprint density at radius 1 is 0.764 bits per heavy atom. The molecule has 2 heterocycles. The van der Waals surface area contributed by atoms with Crippen molar-refractivity contribution in [2.45, 2.75) is 87.3 Å². The molecule has 2 saturated carbocycles. The smallest absolute Gasteiger partial charge is 0.342 e. The van der Waals surface area contributed by atoms with E-state index < -0.39 is 139 Å². The molecule has 19 nitrogen and oxygen atoms in total. The van der Waals surface area contributed by atoms with Gasteiger partial charge in [0.1, 0.15) is 54.9 Å². The Hall–Kier alpha value is -4.44. The van der Waals surface area contributed by atoms with Crippen molar-refractivity contribution in [3.8, 4) is 28.7 Å². The lowest BCUT2D eigenvalue weighted by atomic mass is 9.80. The third-order valence-corrected chi connectivity index (χ3v) is 10.8. The molecule has 11 N–H and O–H groups in total. The van der Waals surface area contributed by atoms with Crippen molar-refractivity contribution < 1.29 is 94.2 Å². The Bertz CT molecular complexity index is 1730. The fourth-order valence-corrected chi connectivity index (χ4v) is 7.59. The highest BCUT2D eigenvalue weighted by atomic mass is 16.7. The number of phenols is 4. The number of carbonyl (C=O) groups is 2. The van der Waals surface area contributed by atoms with E-state index in [-0.39, 0.29) is 29.7 Å². The van der Waals surface area contributed by atoms with Crippen molar-refractivity contribution >= 4 is 11.9 Å². The molecule has 0 bridgehead atoms. The molecule has 55 heavy (non-hydrogen) atoms. The first-order chi connectivity index (χ1) is 26.1. The molecule has 1 saturated heterocycles. The SMILES string of the molecule is CC1C(OC(=O)c2cccc(O)c2O)CC2C(C(=O)OCC3OC(Oc4cccc(O)c4O)C(O)C(O)C3O)=COC(OC3CC(CO)C(O)C(O)C3O)C21. The maximum absolute atomic E-state index is 13.7. The van der Waals surface area contributed by atoms with Gasteiger partial charge >= 0.3 is 11.9 Å². The maximum atomic E-state index is 13.7. The number of aliphatic hydroxyl groups is 7. The first-order valence-electron chi connectivity index (χ1n) is 17.5. The van der Waals surface area contributed by atoms with Crippen LogP contribution in [-0.2, 0) is 28.5 Å². The minimum atomic E-state index is -1.86. The summed E-state index contributed by atoms with van der Waals surface area (Å²) in [6, 6.07) is 7.48. The molecule has 2 aliphatic heterocycles. The van der Waals surface area contributed by atoms with E-state index >= 15 is 0 Å². The molecule has 0 aromatic heterocycles. The largest absolute Gasteiger partial charge is 0.504 e. The summed E-state index contributed by atoms with van der Waals surface area (Å²) in [6.45, 7) is 0.454. The van der Waals surface area contributed by atoms with Crippen LogP contribution in [0.2, 0.25) is 0 Å². The summed E-state index contributed by atoms with van der Waals surface area (Å²) in [7, 11) is 0. The second kappa shape index (κ2) is 16.3. The highest BCUT2D eigenvalue weighted by Crippen LogP contribution is 2.49. The van der Waals surface area contributed by atoms with E-state index in [0.29, 0.717) is 0 Å². The number of para-hydroxylation sites is 2. The normalized spacial score (nSPS) is 37.2. The standard InChI is InChI=1S/C36H44O19/c1-13-21(52-34(49)15-4-2-5-18(38)26(15)41)9-16-17(11-51-35(24(13)16)54-22-8-14(10-37)25(40)30(45)28(22)43)33(48)50-12-23-29(44)31(46)32(47)36(55-23)53-20-7-3-6-19(39)27(20)42/h2-7,11,13-14,16,21-25,28-32,35-47H,8-10,12H2,1H3. The minimum absolute atomic E-state index is 0.0219. The number of esters is 2. The molecule has 15 unspecified atom stereocenters. The summed E-state index contributed by atoms with van der Waals surface area (Å²) in [5.41, 5.74) is -0.402. The number of aromatic hydroxyl groups is 4. The van der Waals surface area contributed by atoms with E-state index in [1.165, 1.54) is 36.4 Å². The van der Waals surface area contributed by atoms with Crippen LogP contribution in [-0.4, -0.2) is 149 Å². The number of ether oxygens (including phenoxy) is 6. The number of aliphatic hydroxyl groups excluding tert-OH is 7. The molecule has 0 radical (unpaired) electrons. The molecule has 2 aromatic rings. The van der Waals surface area contributed by atoms with Crippen molar-refractivity contribution in [3.05, 3.63) is 53.8 Å². The molecule has 6 rings (SSSR count). The van der Waals surface area contributed by atoms with Crippen LogP contribution in [0.4, 0.5) is 0 Å². The zero-order valence-corrected chi connectivity index (χ0v) is 29.2. The average Bonchev–Trinajstić information content (AvgIpc) is 3.49. The quantitative estimate of drug-likeness (QED) is 0.0961. The first-order valence-corrected chi connectivity index (χ1v) is 17.5. The number of phenolic OH excluding ortho intramolecular Hbond substituents is 4. The third kappa shape index (κ3) is 7.84. The predicted octanol–water partition coefficient (Wildman–Crippen LogP) is -1.54. The van der Waals surface area contributed by atoms with Gasteiger partial charge in [-0.25, -0.2) is 9.59 Å². The van der Waals surface area contributed by atoms with Gasteiger partial charge in [0.05, 0.1) is 24.0 Å². The summed E-state index contributed by atoms with van der Waals surface area (Å²) in [5, 5.41) is 113. The second-order valence-corrected chi connectivity index (χ2v) is 14.2. The number of fused-ring (bicyclic) bond motifs is 1. The molecule has 0 amide bonds. The maximum Gasteiger partial charge on any atom is 0.342 e.